The van der Waals surface area contributed by atoms with Crippen LogP contribution in [-0.4, -0.2) is 6.04 Å². The van der Waals surface area contributed by atoms with Crippen molar-refractivity contribution in [2.24, 2.45) is 5.73 Å². The maximum absolute atomic E-state index is 12.3. The van der Waals surface area contributed by atoms with Gasteiger partial charge in [-0.2, -0.15) is 13.2 Å². The Morgan fingerprint density at radius 3 is 2.33 bits per heavy atom. The molecule has 15 heavy (non-hydrogen) atoms. The van der Waals surface area contributed by atoms with Crippen molar-refractivity contribution in [2.75, 3.05) is 0 Å². The fourth-order valence-corrected chi connectivity index (χ4v) is 1.54. The molecular weight excluding hydrogens is 227 g/mol. The normalized spacial score (nSPS) is 24.5. The fourth-order valence-electron chi connectivity index (χ4n) is 1.54. The average molecular weight is 238 g/mol. The molecule has 0 spiro atoms. The molecule has 1 aliphatic rings. The number of hydrogen-bond acceptors (Lipinski definition) is 1. The van der Waals surface area contributed by atoms with Gasteiger partial charge in [0.2, 0.25) is 0 Å². The van der Waals surface area contributed by atoms with Gasteiger partial charge in [-0.15, -0.1) is 12.4 Å². The highest BCUT2D eigenvalue weighted by atomic mass is 35.5. The lowest BCUT2D eigenvalue weighted by atomic mass is 10.1. The third-order valence-corrected chi connectivity index (χ3v) is 2.48. The first-order valence-electron chi connectivity index (χ1n) is 4.41. The lowest BCUT2D eigenvalue weighted by molar-refractivity contribution is -0.137. The van der Waals surface area contributed by atoms with Crippen molar-refractivity contribution < 1.29 is 13.2 Å². The minimum Gasteiger partial charge on any atom is -0.327 e. The molecule has 0 aromatic heterocycles. The number of rotatable bonds is 1. The van der Waals surface area contributed by atoms with Crippen LogP contribution in [0, 0.1) is 0 Å². The third kappa shape index (κ3) is 2.63. The van der Waals surface area contributed by atoms with Crippen LogP contribution >= 0.6 is 12.4 Å². The highest BCUT2D eigenvalue weighted by molar-refractivity contribution is 5.85. The molecule has 0 aliphatic heterocycles. The van der Waals surface area contributed by atoms with Gasteiger partial charge >= 0.3 is 6.18 Å². The topological polar surface area (TPSA) is 26.0 Å². The van der Waals surface area contributed by atoms with Crippen molar-refractivity contribution in [3.05, 3.63) is 35.4 Å². The quantitative estimate of drug-likeness (QED) is 0.799. The minimum atomic E-state index is -4.25. The standard InChI is InChI=1S/C10H10F3N.ClH/c11-10(12,13)7-3-1-2-6(4-7)8-5-9(8)14;/h1-4,8-9H,5,14H2;1H/t8-,9-;/m1./s1. The average Bonchev–Trinajstić information content (AvgIpc) is 2.82. The number of hydrogen-bond donors (Lipinski definition) is 1. The van der Waals surface area contributed by atoms with Gasteiger partial charge in [0.15, 0.2) is 0 Å². The maximum atomic E-state index is 12.3. The number of halogens is 4. The fraction of sp³-hybridized carbons (Fsp3) is 0.400. The van der Waals surface area contributed by atoms with Gasteiger partial charge in [-0.25, -0.2) is 0 Å². The van der Waals surface area contributed by atoms with Gasteiger partial charge in [-0.05, 0) is 18.1 Å². The van der Waals surface area contributed by atoms with Crippen LogP contribution in [0.15, 0.2) is 24.3 Å². The zero-order valence-electron chi connectivity index (χ0n) is 7.79. The Morgan fingerprint density at radius 1 is 1.27 bits per heavy atom. The Hall–Kier alpha value is -0.740. The zero-order valence-corrected chi connectivity index (χ0v) is 8.61. The Balaban J connectivity index is 0.00000112. The van der Waals surface area contributed by atoms with Gasteiger partial charge < -0.3 is 5.73 Å². The van der Waals surface area contributed by atoms with Crippen molar-refractivity contribution in [3.63, 3.8) is 0 Å². The van der Waals surface area contributed by atoms with Crippen molar-refractivity contribution in [3.8, 4) is 0 Å². The van der Waals surface area contributed by atoms with Crippen LogP contribution in [0.5, 0.6) is 0 Å². The van der Waals surface area contributed by atoms with E-state index >= 15 is 0 Å². The van der Waals surface area contributed by atoms with E-state index < -0.39 is 11.7 Å². The number of nitrogens with two attached hydrogens (primary N) is 1. The summed E-state index contributed by atoms with van der Waals surface area (Å²) in [6.07, 6.45) is -3.46. The van der Waals surface area contributed by atoms with Crippen molar-refractivity contribution in [1.29, 1.82) is 0 Å². The zero-order chi connectivity index (χ0) is 10.3. The second kappa shape index (κ2) is 4.02. The molecule has 0 saturated heterocycles. The van der Waals surface area contributed by atoms with Crippen molar-refractivity contribution >= 4 is 12.4 Å². The van der Waals surface area contributed by atoms with E-state index in [0.29, 0.717) is 5.56 Å². The van der Waals surface area contributed by atoms with Gasteiger partial charge in [0.05, 0.1) is 5.56 Å². The molecule has 2 N–H and O–H groups in total. The van der Waals surface area contributed by atoms with Crippen LogP contribution in [0.3, 0.4) is 0 Å². The lowest BCUT2D eigenvalue weighted by Crippen LogP contribution is -2.06. The van der Waals surface area contributed by atoms with E-state index in [0.717, 1.165) is 12.5 Å². The Kier molecular flexibility index (Phi) is 3.31. The lowest BCUT2D eigenvalue weighted by Gasteiger charge is -2.07. The summed E-state index contributed by atoms with van der Waals surface area (Å²) in [5.41, 5.74) is 5.69. The summed E-state index contributed by atoms with van der Waals surface area (Å²) >= 11 is 0. The molecule has 0 radical (unpaired) electrons. The first-order valence-corrected chi connectivity index (χ1v) is 4.41. The summed E-state index contributed by atoms with van der Waals surface area (Å²) < 4.78 is 37.0. The molecule has 5 heteroatoms. The molecule has 84 valence electrons. The minimum absolute atomic E-state index is 0. The van der Waals surface area contributed by atoms with Crippen LogP contribution in [0.25, 0.3) is 0 Å². The maximum Gasteiger partial charge on any atom is 0.416 e. The van der Waals surface area contributed by atoms with Crippen molar-refractivity contribution in [1.82, 2.24) is 0 Å². The van der Waals surface area contributed by atoms with Gasteiger partial charge in [0.25, 0.3) is 0 Å². The molecule has 0 unspecified atom stereocenters. The molecule has 1 fully saturated rings. The highest BCUT2D eigenvalue weighted by Gasteiger charge is 2.37. The van der Waals surface area contributed by atoms with E-state index in [1.807, 2.05) is 0 Å². The molecule has 1 aliphatic carbocycles. The van der Waals surface area contributed by atoms with Crippen molar-refractivity contribution in [2.45, 2.75) is 24.6 Å². The van der Waals surface area contributed by atoms with E-state index in [1.165, 1.54) is 12.1 Å². The summed E-state index contributed by atoms with van der Waals surface area (Å²) in [7, 11) is 0. The Morgan fingerprint density at radius 2 is 1.87 bits per heavy atom. The predicted octanol–water partition coefficient (Wildman–Crippen LogP) is 2.94. The van der Waals surface area contributed by atoms with Gasteiger partial charge in [0.1, 0.15) is 0 Å². The molecule has 0 amide bonds. The molecule has 2 rings (SSSR count). The predicted molar refractivity (Wildman–Crippen MR) is 54.0 cm³/mol. The second-order valence-electron chi connectivity index (χ2n) is 3.63. The molecule has 0 bridgehead atoms. The molecule has 1 aromatic rings. The number of benzene rings is 1. The van der Waals surface area contributed by atoms with Gasteiger partial charge in [0, 0.05) is 12.0 Å². The van der Waals surface area contributed by atoms with Crippen LogP contribution in [0.2, 0.25) is 0 Å². The van der Waals surface area contributed by atoms with E-state index in [9.17, 15) is 13.2 Å². The van der Waals surface area contributed by atoms with E-state index in [-0.39, 0.29) is 24.4 Å². The molecule has 1 nitrogen and oxygen atoms in total. The van der Waals surface area contributed by atoms with E-state index in [2.05, 4.69) is 0 Å². The van der Waals surface area contributed by atoms with Crippen LogP contribution in [0.4, 0.5) is 13.2 Å². The molecule has 0 heterocycles. The van der Waals surface area contributed by atoms with E-state index in [1.54, 1.807) is 6.07 Å². The van der Waals surface area contributed by atoms with E-state index in [4.69, 9.17) is 5.73 Å². The highest BCUT2D eigenvalue weighted by Crippen LogP contribution is 2.40. The largest absolute Gasteiger partial charge is 0.416 e. The molecule has 1 aromatic carbocycles. The van der Waals surface area contributed by atoms with Crippen LogP contribution in [0.1, 0.15) is 23.5 Å². The third-order valence-electron chi connectivity index (χ3n) is 2.48. The summed E-state index contributed by atoms with van der Waals surface area (Å²) in [6, 6.07) is 5.45. The smallest absolute Gasteiger partial charge is 0.327 e. The first-order chi connectivity index (χ1) is 6.48. The van der Waals surface area contributed by atoms with Gasteiger partial charge in [-0.1, -0.05) is 18.2 Å². The van der Waals surface area contributed by atoms with Crippen LogP contribution < -0.4 is 5.73 Å². The summed E-state index contributed by atoms with van der Waals surface area (Å²) in [5, 5.41) is 0. The molecular formula is C10H11ClF3N. The Bertz CT molecular complexity index is 351. The summed E-state index contributed by atoms with van der Waals surface area (Å²) in [6.45, 7) is 0. The second-order valence-corrected chi connectivity index (χ2v) is 3.63. The van der Waals surface area contributed by atoms with Gasteiger partial charge in [-0.3, -0.25) is 0 Å². The Labute approximate surface area is 91.9 Å². The van der Waals surface area contributed by atoms with Crippen LogP contribution in [-0.2, 0) is 6.18 Å². The number of alkyl halides is 3. The molecule has 2 atom stereocenters. The SMILES string of the molecule is Cl.N[C@@H]1C[C@@H]1c1cccc(C(F)(F)F)c1. The monoisotopic (exact) mass is 237 g/mol. The molecule has 1 saturated carbocycles. The summed E-state index contributed by atoms with van der Waals surface area (Å²) in [5.74, 6) is 0.122. The summed E-state index contributed by atoms with van der Waals surface area (Å²) in [4.78, 5) is 0. The first kappa shape index (κ1) is 12.3.